The molecule has 0 radical (unpaired) electrons. The number of rotatable bonds is 8. The molecule has 4 rings (SSSR count). The van der Waals surface area contributed by atoms with Crippen molar-refractivity contribution in [1.82, 2.24) is 0 Å². The van der Waals surface area contributed by atoms with Gasteiger partial charge in [0.1, 0.15) is 6.61 Å². The van der Waals surface area contributed by atoms with Crippen LogP contribution in [0.2, 0.25) is 10.0 Å². The maximum atomic E-state index is 12.4. The van der Waals surface area contributed by atoms with Crippen LogP contribution >= 0.6 is 23.2 Å². The average Bonchev–Trinajstić information content (AvgIpc) is 2.88. The quantitative estimate of drug-likeness (QED) is 0.371. The van der Waals surface area contributed by atoms with Gasteiger partial charge in [0.2, 0.25) is 5.91 Å². The van der Waals surface area contributed by atoms with Crippen molar-refractivity contribution in [1.29, 1.82) is 0 Å². The molecule has 0 saturated carbocycles. The van der Waals surface area contributed by atoms with E-state index in [2.05, 4.69) is 10.2 Å². The van der Waals surface area contributed by atoms with Crippen LogP contribution in [0.15, 0.2) is 66.7 Å². The van der Waals surface area contributed by atoms with Crippen molar-refractivity contribution in [2.24, 2.45) is 0 Å². The molecule has 1 aliphatic heterocycles. The summed E-state index contributed by atoms with van der Waals surface area (Å²) in [5, 5.41) is 3.96. The van der Waals surface area contributed by atoms with Crippen molar-refractivity contribution in [2.45, 2.75) is 6.61 Å². The number of hydrogen-bond acceptors (Lipinski definition) is 5. The minimum atomic E-state index is -0.225. The molecule has 1 saturated heterocycles. The number of carbonyl (C=O) groups is 1. The lowest BCUT2D eigenvalue weighted by Crippen LogP contribution is -2.36. The Kier molecular flexibility index (Phi) is 8.53. The van der Waals surface area contributed by atoms with Crippen LogP contribution in [-0.2, 0) is 16.1 Å². The lowest BCUT2D eigenvalue weighted by atomic mass is 10.2. The molecule has 0 bridgehead atoms. The molecule has 1 fully saturated rings. The highest BCUT2D eigenvalue weighted by Gasteiger charge is 2.12. The molecule has 1 aliphatic rings. The number of nitrogens with one attached hydrogen (secondary N) is 1. The number of ether oxygens (including phenoxy) is 3. The molecular weight excluding hydrogens is 487 g/mol. The molecule has 0 atom stereocenters. The van der Waals surface area contributed by atoms with Crippen LogP contribution in [0.1, 0.15) is 11.1 Å². The third kappa shape index (κ3) is 6.69. The summed E-state index contributed by atoms with van der Waals surface area (Å²) in [6, 6.07) is 18.5. The highest BCUT2D eigenvalue weighted by molar-refractivity contribution is 6.35. The molecule has 3 aromatic rings. The Bertz CT molecular complexity index is 1170. The van der Waals surface area contributed by atoms with E-state index in [1.807, 2.05) is 30.3 Å². The van der Waals surface area contributed by atoms with E-state index in [0.29, 0.717) is 27.1 Å². The number of anilines is 2. The molecule has 0 unspecified atom stereocenters. The van der Waals surface area contributed by atoms with Crippen molar-refractivity contribution >= 4 is 46.6 Å². The Morgan fingerprint density at radius 2 is 1.74 bits per heavy atom. The van der Waals surface area contributed by atoms with E-state index in [4.69, 9.17) is 37.4 Å². The van der Waals surface area contributed by atoms with Gasteiger partial charge in [0.15, 0.2) is 11.5 Å². The molecule has 0 aromatic heterocycles. The second-order valence-corrected chi connectivity index (χ2v) is 8.68. The van der Waals surface area contributed by atoms with Crippen molar-refractivity contribution in [2.75, 3.05) is 43.6 Å². The van der Waals surface area contributed by atoms with E-state index < -0.39 is 0 Å². The third-order valence-electron chi connectivity index (χ3n) is 5.56. The Morgan fingerprint density at radius 3 is 2.43 bits per heavy atom. The molecule has 35 heavy (non-hydrogen) atoms. The fourth-order valence-corrected chi connectivity index (χ4v) is 4.17. The van der Waals surface area contributed by atoms with Crippen molar-refractivity contribution in [3.8, 4) is 11.5 Å². The van der Waals surface area contributed by atoms with Gasteiger partial charge < -0.3 is 24.4 Å². The van der Waals surface area contributed by atoms with Crippen LogP contribution in [0.3, 0.4) is 0 Å². The number of benzene rings is 3. The smallest absolute Gasteiger partial charge is 0.248 e. The first-order valence-corrected chi connectivity index (χ1v) is 11.9. The van der Waals surface area contributed by atoms with Gasteiger partial charge in [-0.2, -0.15) is 0 Å². The van der Waals surface area contributed by atoms with Gasteiger partial charge in [-0.25, -0.2) is 0 Å². The number of nitrogens with zero attached hydrogens (tertiary/aromatic N) is 1. The highest BCUT2D eigenvalue weighted by atomic mass is 35.5. The Morgan fingerprint density at radius 1 is 1.03 bits per heavy atom. The van der Waals surface area contributed by atoms with Gasteiger partial charge in [0.05, 0.1) is 20.3 Å². The summed E-state index contributed by atoms with van der Waals surface area (Å²) in [4.78, 5) is 14.7. The van der Waals surface area contributed by atoms with E-state index in [-0.39, 0.29) is 12.5 Å². The molecule has 1 N–H and O–H groups in total. The van der Waals surface area contributed by atoms with Crippen LogP contribution in [-0.4, -0.2) is 39.3 Å². The molecule has 1 amide bonds. The Hall–Kier alpha value is -3.19. The summed E-state index contributed by atoms with van der Waals surface area (Å²) >= 11 is 12.4. The van der Waals surface area contributed by atoms with Gasteiger partial charge in [-0.05, 0) is 60.2 Å². The number of carbonyl (C=O) groups excluding carboxylic acids is 1. The van der Waals surface area contributed by atoms with Gasteiger partial charge in [-0.3, -0.25) is 4.79 Å². The van der Waals surface area contributed by atoms with Crippen molar-refractivity contribution < 1.29 is 19.0 Å². The van der Waals surface area contributed by atoms with E-state index in [0.717, 1.165) is 43.2 Å². The van der Waals surface area contributed by atoms with Gasteiger partial charge in [-0.15, -0.1) is 0 Å². The van der Waals surface area contributed by atoms with Gasteiger partial charge in [0.25, 0.3) is 0 Å². The number of amides is 1. The number of halogens is 2. The molecular formula is C27H26Cl2N2O4. The first-order chi connectivity index (χ1) is 17.0. The van der Waals surface area contributed by atoms with Gasteiger partial charge in [-0.1, -0.05) is 35.3 Å². The van der Waals surface area contributed by atoms with Crippen LogP contribution in [0.25, 0.3) is 6.08 Å². The maximum Gasteiger partial charge on any atom is 0.248 e. The number of hydrogen-bond donors (Lipinski definition) is 1. The van der Waals surface area contributed by atoms with Crippen LogP contribution in [0.4, 0.5) is 11.4 Å². The standard InChI is InChI=1S/C27H26Cl2N2O4/c1-33-26-17-19(5-11-25(26)35-18-22-23(28)3-2-4-24(22)29)6-12-27(32)30-20-7-9-21(10-8-20)31-13-15-34-16-14-31/h2-12,17H,13-16,18H2,1H3,(H,30,32)/b12-6+. The lowest BCUT2D eigenvalue weighted by molar-refractivity contribution is -0.111. The second kappa shape index (κ2) is 12.0. The summed E-state index contributed by atoms with van der Waals surface area (Å²) in [6.07, 6.45) is 3.20. The predicted octanol–water partition coefficient (Wildman–Crippen LogP) is 6.07. The molecule has 182 valence electrons. The van der Waals surface area contributed by atoms with E-state index in [9.17, 15) is 4.79 Å². The zero-order chi connectivity index (χ0) is 24.6. The summed E-state index contributed by atoms with van der Waals surface area (Å²) < 4.78 is 16.7. The van der Waals surface area contributed by atoms with Crippen LogP contribution < -0.4 is 19.7 Å². The normalized spacial score (nSPS) is 13.6. The van der Waals surface area contributed by atoms with Crippen molar-refractivity contribution in [3.05, 3.63) is 87.9 Å². The zero-order valence-corrected chi connectivity index (χ0v) is 20.8. The molecule has 3 aromatic carbocycles. The fourth-order valence-electron chi connectivity index (χ4n) is 3.66. The van der Waals surface area contributed by atoms with Gasteiger partial charge >= 0.3 is 0 Å². The summed E-state index contributed by atoms with van der Waals surface area (Å²) in [5.41, 5.74) is 3.35. The van der Waals surface area contributed by atoms with E-state index >= 15 is 0 Å². The average molecular weight is 513 g/mol. The second-order valence-electron chi connectivity index (χ2n) is 7.87. The number of morpholine rings is 1. The number of methoxy groups -OCH3 is 1. The molecule has 0 spiro atoms. The SMILES string of the molecule is COc1cc(/C=C/C(=O)Nc2ccc(N3CCOCC3)cc2)ccc1OCc1c(Cl)cccc1Cl. The Balaban J connectivity index is 1.35. The zero-order valence-electron chi connectivity index (χ0n) is 19.3. The van der Waals surface area contributed by atoms with Crippen LogP contribution in [0.5, 0.6) is 11.5 Å². The molecule has 8 heteroatoms. The topological polar surface area (TPSA) is 60.0 Å². The lowest BCUT2D eigenvalue weighted by Gasteiger charge is -2.28. The highest BCUT2D eigenvalue weighted by Crippen LogP contribution is 2.31. The fraction of sp³-hybridized carbons (Fsp3) is 0.222. The van der Waals surface area contributed by atoms with Crippen molar-refractivity contribution in [3.63, 3.8) is 0 Å². The first kappa shape index (κ1) is 24.9. The first-order valence-electron chi connectivity index (χ1n) is 11.2. The largest absolute Gasteiger partial charge is 0.493 e. The predicted molar refractivity (Wildman–Crippen MR) is 141 cm³/mol. The summed E-state index contributed by atoms with van der Waals surface area (Å²) in [7, 11) is 1.56. The molecule has 6 nitrogen and oxygen atoms in total. The third-order valence-corrected chi connectivity index (χ3v) is 6.27. The monoisotopic (exact) mass is 512 g/mol. The Labute approximate surface area is 215 Å². The molecule has 1 heterocycles. The summed E-state index contributed by atoms with van der Waals surface area (Å²) in [5.74, 6) is 0.858. The summed E-state index contributed by atoms with van der Waals surface area (Å²) in [6.45, 7) is 3.41. The van der Waals surface area contributed by atoms with E-state index in [1.54, 1.807) is 43.5 Å². The minimum Gasteiger partial charge on any atom is -0.493 e. The maximum absolute atomic E-state index is 12.4. The van der Waals surface area contributed by atoms with Crippen LogP contribution in [0, 0.1) is 0 Å². The van der Waals surface area contributed by atoms with Gasteiger partial charge in [0, 0.05) is 46.1 Å². The molecule has 0 aliphatic carbocycles. The minimum absolute atomic E-state index is 0.205. The van der Waals surface area contributed by atoms with E-state index in [1.165, 1.54) is 6.08 Å².